The Morgan fingerprint density at radius 2 is 2.35 bits per heavy atom. The number of carbonyl (C=O) groups is 2. The van der Waals surface area contributed by atoms with E-state index in [0.717, 1.165) is 5.69 Å². The average molecular weight is 322 g/mol. The van der Waals surface area contributed by atoms with Gasteiger partial charge in [-0.2, -0.15) is 0 Å². The fourth-order valence-electron chi connectivity index (χ4n) is 2.53. The Kier molecular flexibility index (Phi) is 5.58. The number of aliphatic hydroxyl groups excluding tert-OH is 1. The summed E-state index contributed by atoms with van der Waals surface area (Å²) in [5, 5.41) is 18.2. The molecule has 126 valence electrons. The van der Waals surface area contributed by atoms with Crippen LogP contribution in [0.1, 0.15) is 13.3 Å². The maximum absolute atomic E-state index is 10.8. The molecule has 23 heavy (non-hydrogen) atoms. The van der Waals surface area contributed by atoms with Crippen molar-refractivity contribution in [3.8, 4) is 0 Å². The average Bonchev–Trinajstić information content (AvgIpc) is 2.86. The highest BCUT2D eigenvalue weighted by atomic mass is 16.3. The second-order valence-electron chi connectivity index (χ2n) is 5.32. The van der Waals surface area contributed by atoms with Crippen LogP contribution in [0.15, 0.2) is 12.3 Å². The summed E-state index contributed by atoms with van der Waals surface area (Å²) in [5.74, 6) is 0.433. The lowest BCUT2D eigenvalue weighted by molar-refractivity contribution is -0.118. The lowest BCUT2D eigenvalue weighted by Crippen LogP contribution is -2.46. The Balaban J connectivity index is 2.01. The molecule has 2 unspecified atom stereocenters. The fraction of sp³-hybridized carbons (Fsp3) is 0.500. The molecule has 6 N–H and O–H groups in total. The summed E-state index contributed by atoms with van der Waals surface area (Å²) in [4.78, 5) is 27.6. The molecule has 9 heteroatoms. The standard InChI is InChI=1S/C14H22N6O3/c1-9(22)16-3-4-17-13-11(15)6-10(7-18-13)20-5-2-12(23)14(20)19-8-21/h6-8,12,14,23H,2-5,15H2,1H3,(H,16,22)(H,17,18)(H,19,21). The molecule has 9 nitrogen and oxygen atoms in total. The molecule has 1 aliphatic heterocycles. The predicted molar refractivity (Wildman–Crippen MR) is 86.8 cm³/mol. The molecule has 0 spiro atoms. The maximum Gasteiger partial charge on any atom is 0.216 e. The molecule has 0 aliphatic carbocycles. The highest BCUT2D eigenvalue weighted by Crippen LogP contribution is 2.27. The SMILES string of the molecule is CC(=O)NCCNc1ncc(N2CCC(O)C2NC=O)cc1N. The number of hydrogen-bond acceptors (Lipinski definition) is 7. The fourth-order valence-corrected chi connectivity index (χ4v) is 2.53. The van der Waals surface area contributed by atoms with Gasteiger partial charge in [0, 0.05) is 26.6 Å². The first-order valence-corrected chi connectivity index (χ1v) is 7.41. The van der Waals surface area contributed by atoms with Crippen molar-refractivity contribution in [2.24, 2.45) is 0 Å². The van der Waals surface area contributed by atoms with Gasteiger partial charge in [0.2, 0.25) is 12.3 Å². The van der Waals surface area contributed by atoms with Crippen molar-refractivity contribution in [2.75, 3.05) is 35.6 Å². The molecule has 1 aromatic heterocycles. The number of nitrogen functional groups attached to an aromatic ring is 1. The summed E-state index contributed by atoms with van der Waals surface area (Å²) in [6, 6.07) is 1.74. The summed E-state index contributed by atoms with van der Waals surface area (Å²) in [6.45, 7) is 3.04. The van der Waals surface area contributed by atoms with Gasteiger partial charge in [-0.1, -0.05) is 0 Å². The lowest BCUT2D eigenvalue weighted by Gasteiger charge is -2.27. The molecule has 0 saturated carbocycles. The Morgan fingerprint density at radius 3 is 3.00 bits per heavy atom. The van der Waals surface area contributed by atoms with Crippen LogP contribution in [0.3, 0.4) is 0 Å². The van der Waals surface area contributed by atoms with E-state index in [-0.39, 0.29) is 5.91 Å². The van der Waals surface area contributed by atoms with Crippen molar-refractivity contribution in [1.29, 1.82) is 0 Å². The summed E-state index contributed by atoms with van der Waals surface area (Å²) in [6.07, 6.45) is 1.65. The number of aromatic nitrogens is 1. The van der Waals surface area contributed by atoms with Crippen LogP contribution in [-0.2, 0) is 9.59 Å². The highest BCUT2D eigenvalue weighted by Gasteiger charge is 2.33. The van der Waals surface area contributed by atoms with Crippen LogP contribution in [0.25, 0.3) is 0 Å². The summed E-state index contributed by atoms with van der Waals surface area (Å²) >= 11 is 0. The van der Waals surface area contributed by atoms with Gasteiger partial charge in [0.05, 0.1) is 23.7 Å². The smallest absolute Gasteiger partial charge is 0.216 e. The van der Waals surface area contributed by atoms with Crippen molar-refractivity contribution in [2.45, 2.75) is 25.6 Å². The maximum atomic E-state index is 10.8. The molecule has 1 fully saturated rings. The molecule has 0 bridgehead atoms. The van der Waals surface area contributed by atoms with Crippen LogP contribution in [0.5, 0.6) is 0 Å². The van der Waals surface area contributed by atoms with Gasteiger partial charge in [0.15, 0.2) is 0 Å². The van der Waals surface area contributed by atoms with Crippen molar-refractivity contribution >= 4 is 29.5 Å². The Morgan fingerprint density at radius 1 is 1.57 bits per heavy atom. The first-order valence-electron chi connectivity index (χ1n) is 7.41. The van der Waals surface area contributed by atoms with E-state index in [2.05, 4.69) is 20.9 Å². The van der Waals surface area contributed by atoms with E-state index in [0.29, 0.717) is 44.0 Å². The van der Waals surface area contributed by atoms with Crippen molar-refractivity contribution < 1.29 is 14.7 Å². The number of rotatable bonds is 7. The summed E-state index contributed by atoms with van der Waals surface area (Å²) < 4.78 is 0. The molecular formula is C14H22N6O3. The number of hydrogen-bond donors (Lipinski definition) is 5. The minimum Gasteiger partial charge on any atom is -0.396 e. The van der Waals surface area contributed by atoms with Gasteiger partial charge in [-0.3, -0.25) is 9.59 Å². The van der Waals surface area contributed by atoms with E-state index < -0.39 is 12.3 Å². The van der Waals surface area contributed by atoms with Crippen LogP contribution in [-0.4, -0.2) is 54.3 Å². The third-order valence-corrected chi connectivity index (χ3v) is 3.63. The molecule has 2 amide bonds. The van der Waals surface area contributed by atoms with Gasteiger partial charge < -0.3 is 31.7 Å². The number of pyridine rings is 1. The van der Waals surface area contributed by atoms with E-state index >= 15 is 0 Å². The van der Waals surface area contributed by atoms with Gasteiger partial charge >= 0.3 is 0 Å². The number of aliphatic hydroxyl groups is 1. The largest absolute Gasteiger partial charge is 0.396 e. The normalized spacial score (nSPS) is 20.2. The minimum atomic E-state index is -0.628. The Labute approximate surface area is 134 Å². The molecule has 0 aromatic carbocycles. The van der Waals surface area contributed by atoms with Crippen molar-refractivity contribution in [3.63, 3.8) is 0 Å². The minimum absolute atomic E-state index is 0.0932. The van der Waals surface area contributed by atoms with Gasteiger partial charge in [0.25, 0.3) is 0 Å². The van der Waals surface area contributed by atoms with E-state index in [1.54, 1.807) is 12.3 Å². The monoisotopic (exact) mass is 322 g/mol. The van der Waals surface area contributed by atoms with Crippen LogP contribution in [0.2, 0.25) is 0 Å². The molecular weight excluding hydrogens is 300 g/mol. The van der Waals surface area contributed by atoms with Crippen LogP contribution >= 0.6 is 0 Å². The quantitative estimate of drug-likeness (QED) is 0.316. The lowest BCUT2D eigenvalue weighted by atomic mass is 10.2. The molecule has 1 aliphatic rings. The van der Waals surface area contributed by atoms with Gasteiger partial charge in [-0.25, -0.2) is 4.98 Å². The van der Waals surface area contributed by atoms with E-state index in [1.165, 1.54) is 6.92 Å². The van der Waals surface area contributed by atoms with Crippen LogP contribution in [0, 0.1) is 0 Å². The second kappa shape index (κ2) is 7.63. The summed E-state index contributed by atoms with van der Waals surface area (Å²) in [7, 11) is 0. The van der Waals surface area contributed by atoms with Crippen molar-refractivity contribution in [1.82, 2.24) is 15.6 Å². The van der Waals surface area contributed by atoms with Crippen LogP contribution < -0.4 is 26.6 Å². The second-order valence-corrected chi connectivity index (χ2v) is 5.32. The number of nitrogens with zero attached hydrogens (tertiary/aromatic N) is 2. The number of anilines is 3. The van der Waals surface area contributed by atoms with Crippen molar-refractivity contribution in [3.05, 3.63) is 12.3 Å². The third kappa shape index (κ3) is 4.22. The zero-order chi connectivity index (χ0) is 16.8. The molecule has 2 atom stereocenters. The Hall–Kier alpha value is -2.55. The van der Waals surface area contributed by atoms with Crippen LogP contribution in [0.4, 0.5) is 17.2 Å². The first kappa shape index (κ1) is 16.8. The number of amides is 2. The molecule has 2 heterocycles. The topological polar surface area (TPSA) is 133 Å². The third-order valence-electron chi connectivity index (χ3n) is 3.63. The van der Waals surface area contributed by atoms with Gasteiger partial charge in [0.1, 0.15) is 12.0 Å². The summed E-state index contributed by atoms with van der Waals surface area (Å²) in [5.41, 5.74) is 7.18. The van der Waals surface area contributed by atoms with E-state index in [1.807, 2.05) is 4.90 Å². The first-order chi connectivity index (χ1) is 11.0. The number of nitrogens with two attached hydrogens (primary N) is 1. The zero-order valence-electron chi connectivity index (χ0n) is 13.0. The molecule has 1 aromatic rings. The molecule has 0 radical (unpaired) electrons. The predicted octanol–water partition coefficient (Wildman–Crippen LogP) is -1.15. The van der Waals surface area contributed by atoms with E-state index in [9.17, 15) is 14.7 Å². The van der Waals surface area contributed by atoms with Gasteiger partial charge in [-0.05, 0) is 12.5 Å². The number of carbonyl (C=O) groups excluding carboxylic acids is 2. The zero-order valence-corrected chi connectivity index (χ0v) is 13.0. The van der Waals surface area contributed by atoms with Gasteiger partial charge in [-0.15, -0.1) is 0 Å². The Bertz CT molecular complexity index is 567. The molecule has 1 saturated heterocycles. The molecule has 2 rings (SSSR count). The highest BCUT2D eigenvalue weighted by molar-refractivity contribution is 5.73. The van der Waals surface area contributed by atoms with E-state index in [4.69, 9.17) is 5.73 Å². The number of nitrogens with one attached hydrogen (secondary N) is 3.